The third-order valence-corrected chi connectivity index (χ3v) is 14.5. The van der Waals surface area contributed by atoms with Gasteiger partial charge in [0.1, 0.15) is 11.2 Å². The van der Waals surface area contributed by atoms with Gasteiger partial charge in [-0.25, -0.2) is 15.0 Å². The van der Waals surface area contributed by atoms with Crippen LogP contribution in [0, 0.1) is 0 Å². The molecule has 0 atom stereocenters. The maximum absolute atomic E-state index is 7.26. The van der Waals surface area contributed by atoms with E-state index < -0.39 is 0 Å². The van der Waals surface area contributed by atoms with Crippen molar-refractivity contribution in [2.24, 2.45) is 0 Å². The van der Waals surface area contributed by atoms with Gasteiger partial charge in [-0.15, -0.1) is 0 Å². The Kier molecular flexibility index (Phi) is 8.57. The molecule has 2 heterocycles. The number of furan rings is 1. The lowest BCUT2D eigenvalue weighted by Crippen LogP contribution is -2.15. The normalized spacial score (nSPS) is 13.9. The topological polar surface area (TPSA) is 51.8 Å². The third-order valence-electron chi connectivity index (χ3n) is 14.5. The number of fused-ring (bicyclic) bond motifs is 9. The summed E-state index contributed by atoms with van der Waals surface area (Å²) in [7, 11) is 0. The predicted octanol–water partition coefficient (Wildman–Crippen LogP) is 16.4. The Morgan fingerprint density at radius 1 is 0.284 bits per heavy atom. The molecule has 13 rings (SSSR count). The van der Waals surface area contributed by atoms with Gasteiger partial charge in [-0.2, -0.15) is 0 Å². The van der Waals surface area contributed by atoms with Crippen LogP contribution >= 0.6 is 0 Å². The zero-order chi connectivity index (χ0) is 45.0. The summed E-state index contributed by atoms with van der Waals surface area (Å²) in [5, 5.41) is 2.16. The Hall–Kier alpha value is -8.21. The molecule has 0 aliphatic heterocycles. The van der Waals surface area contributed by atoms with Gasteiger partial charge in [-0.1, -0.05) is 198 Å². The molecular weight excluding hydrogens is 815 g/mol. The van der Waals surface area contributed by atoms with Crippen molar-refractivity contribution >= 4 is 21.9 Å². The van der Waals surface area contributed by atoms with Crippen molar-refractivity contribution < 1.29 is 4.42 Å². The minimum atomic E-state index is -0.145. The van der Waals surface area contributed by atoms with E-state index in [4.69, 9.17) is 19.4 Å². The summed E-state index contributed by atoms with van der Waals surface area (Å²) in [6.07, 6.45) is 0. The molecular formula is C63H45N3O. The predicted molar refractivity (Wildman–Crippen MR) is 275 cm³/mol. The fraction of sp³-hybridized carbons (Fsp3) is 0.0952. The molecule has 0 radical (unpaired) electrons. The smallest absolute Gasteiger partial charge is 0.164 e. The maximum Gasteiger partial charge on any atom is 0.164 e. The number of para-hydroxylation sites is 1. The first-order valence-corrected chi connectivity index (χ1v) is 23.2. The van der Waals surface area contributed by atoms with Crippen LogP contribution in [-0.2, 0) is 10.8 Å². The van der Waals surface area contributed by atoms with Crippen LogP contribution in [0.5, 0.6) is 0 Å². The SMILES string of the molecule is CC1(C)c2ccccc2-c2ccc(-c3cc(-c4ccc5c(c4)C(C)(C)c4ccccc4-5)c4oc5c(-c6cccc(-c7nc(-c8ccccc8)nc(-c8ccccc8)n7)c6)cccc5c4c3)cc21. The molecule has 0 N–H and O–H groups in total. The average Bonchev–Trinajstić information content (AvgIpc) is 3.96. The molecule has 0 amide bonds. The van der Waals surface area contributed by atoms with E-state index in [1.54, 1.807) is 0 Å². The first-order chi connectivity index (χ1) is 32.7. The summed E-state index contributed by atoms with van der Waals surface area (Å²) >= 11 is 0. The molecule has 0 saturated heterocycles. The first-order valence-electron chi connectivity index (χ1n) is 23.2. The Bertz CT molecular complexity index is 3750. The van der Waals surface area contributed by atoms with E-state index in [0.29, 0.717) is 17.5 Å². The van der Waals surface area contributed by atoms with Gasteiger partial charge in [-0.05, 0) is 97.1 Å². The number of nitrogens with zero attached hydrogens (tertiary/aromatic N) is 3. The van der Waals surface area contributed by atoms with Gasteiger partial charge in [0.25, 0.3) is 0 Å². The molecule has 67 heavy (non-hydrogen) atoms. The Labute approximate surface area is 390 Å². The molecule has 4 heteroatoms. The van der Waals surface area contributed by atoms with Gasteiger partial charge < -0.3 is 4.42 Å². The third kappa shape index (κ3) is 6.09. The number of hydrogen-bond acceptors (Lipinski definition) is 4. The summed E-state index contributed by atoms with van der Waals surface area (Å²) < 4.78 is 7.26. The van der Waals surface area contributed by atoms with E-state index in [2.05, 4.69) is 167 Å². The van der Waals surface area contributed by atoms with Crippen LogP contribution in [0.4, 0.5) is 0 Å². The van der Waals surface area contributed by atoms with Crippen molar-refractivity contribution in [3.05, 3.63) is 222 Å². The quantitative estimate of drug-likeness (QED) is 0.167. The molecule has 4 nitrogen and oxygen atoms in total. The highest BCUT2D eigenvalue weighted by Crippen LogP contribution is 2.52. The molecule has 9 aromatic carbocycles. The molecule has 0 saturated carbocycles. The number of hydrogen-bond donors (Lipinski definition) is 0. The molecule has 2 aliphatic rings. The van der Waals surface area contributed by atoms with Gasteiger partial charge >= 0.3 is 0 Å². The van der Waals surface area contributed by atoms with Gasteiger partial charge in [0.2, 0.25) is 0 Å². The van der Waals surface area contributed by atoms with Gasteiger partial charge in [0.05, 0.1) is 0 Å². The van der Waals surface area contributed by atoms with Crippen LogP contribution in [0.15, 0.2) is 205 Å². The van der Waals surface area contributed by atoms with Gasteiger partial charge in [0, 0.05) is 49.4 Å². The van der Waals surface area contributed by atoms with E-state index >= 15 is 0 Å². The zero-order valence-corrected chi connectivity index (χ0v) is 37.8. The minimum Gasteiger partial charge on any atom is -0.455 e. The number of rotatable bonds is 6. The van der Waals surface area contributed by atoms with Crippen LogP contribution in [-0.4, -0.2) is 15.0 Å². The number of benzene rings is 9. The minimum absolute atomic E-state index is 0.116. The second-order valence-electron chi connectivity index (χ2n) is 19.2. The zero-order valence-electron chi connectivity index (χ0n) is 37.8. The highest BCUT2D eigenvalue weighted by Gasteiger charge is 2.37. The van der Waals surface area contributed by atoms with E-state index in [-0.39, 0.29) is 10.8 Å². The molecule has 0 fully saturated rings. The molecule has 0 bridgehead atoms. The summed E-state index contributed by atoms with van der Waals surface area (Å²) in [6, 6.07) is 71.7. The largest absolute Gasteiger partial charge is 0.455 e. The molecule has 2 aliphatic carbocycles. The Balaban J connectivity index is 0.996. The van der Waals surface area contributed by atoms with Crippen molar-refractivity contribution in [3.8, 4) is 89.8 Å². The molecule has 0 unspecified atom stereocenters. The molecule has 0 spiro atoms. The van der Waals surface area contributed by atoms with Crippen LogP contribution in [0.3, 0.4) is 0 Å². The standard InChI is InChI=1S/C63H45N3O/c1-62(2)53-27-13-11-23-46(53)48-31-29-40(36-55(48)62)44-34-51(42-30-32-49-47-24-12-14-28-54(47)63(3,4)56(49)37-42)58-52(35-44)50-26-16-25-45(57(50)67-58)41-21-15-22-43(33-41)61-65-59(38-17-7-5-8-18-38)64-60(66-61)39-19-9-6-10-20-39/h5-37H,1-4H3. The summed E-state index contributed by atoms with van der Waals surface area (Å²) in [4.78, 5) is 15.1. The van der Waals surface area contributed by atoms with Crippen LogP contribution in [0.2, 0.25) is 0 Å². The van der Waals surface area contributed by atoms with Crippen molar-refractivity contribution in [2.75, 3.05) is 0 Å². The first kappa shape index (κ1) is 39.2. The lowest BCUT2D eigenvalue weighted by molar-refractivity contribution is 0.660. The highest BCUT2D eigenvalue weighted by atomic mass is 16.3. The molecule has 11 aromatic rings. The molecule has 318 valence electrons. The van der Waals surface area contributed by atoms with E-state index in [9.17, 15) is 0 Å². The van der Waals surface area contributed by atoms with Crippen LogP contribution in [0.25, 0.3) is 112 Å². The maximum atomic E-state index is 7.26. The van der Waals surface area contributed by atoms with Gasteiger partial charge in [0.15, 0.2) is 17.5 Å². The van der Waals surface area contributed by atoms with Crippen molar-refractivity contribution in [2.45, 2.75) is 38.5 Å². The lowest BCUT2D eigenvalue weighted by Gasteiger charge is -2.22. The van der Waals surface area contributed by atoms with Crippen LogP contribution < -0.4 is 0 Å². The number of aromatic nitrogens is 3. The van der Waals surface area contributed by atoms with E-state index in [0.717, 1.165) is 66.4 Å². The van der Waals surface area contributed by atoms with Crippen molar-refractivity contribution in [1.82, 2.24) is 15.0 Å². The lowest BCUT2D eigenvalue weighted by atomic mass is 9.81. The Morgan fingerprint density at radius 3 is 1.36 bits per heavy atom. The van der Waals surface area contributed by atoms with Crippen molar-refractivity contribution in [1.29, 1.82) is 0 Å². The fourth-order valence-corrected chi connectivity index (χ4v) is 11.0. The second-order valence-corrected chi connectivity index (χ2v) is 19.2. The molecule has 2 aromatic heterocycles. The van der Waals surface area contributed by atoms with E-state index in [1.165, 1.54) is 50.1 Å². The van der Waals surface area contributed by atoms with E-state index in [1.807, 2.05) is 60.7 Å². The average molecular weight is 860 g/mol. The summed E-state index contributed by atoms with van der Waals surface area (Å²) in [5.74, 6) is 1.88. The van der Waals surface area contributed by atoms with Crippen molar-refractivity contribution in [3.63, 3.8) is 0 Å². The fourth-order valence-electron chi connectivity index (χ4n) is 11.0. The summed E-state index contributed by atoms with van der Waals surface area (Å²) in [6.45, 7) is 9.40. The Morgan fingerprint density at radius 2 is 0.731 bits per heavy atom. The highest BCUT2D eigenvalue weighted by molar-refractivity contribution is 6.14. The van der Waals surface area contributed by atoms with Gasteiger partial charge in [-0.3, -0.25) is 0 Å². The second kappa shape index (κ2) is 14.7. The summed E-state index contributed by atoms with van der Waals surface area (Å²) in [5.41, 5.74) is 21.5. The van der Waals surface area contributed by atoms with Crippen LogP contribution in [0.1, 0.15) is 49.9 Å². The monoisotopic (exact) mass is 859 g/mol.